The van der Waals surface area contributed by atoms with Gasteiger partial charge in [0.25, 0.3) is 0 Å². The van der Waals surface area contributed by atoms with Gasteiger partial charge in [-0.05, 0) is 59.0 Å². The molecule has 2 aliphatic rings. The van der Waals surface area contributed by atoms with Crippen molar-refractivity contribution in [2.75, 3.05) is 73.4 Å². The molecule has 0 aromatic rings. The smallest absolute Gasteiger partial charge is 0.191 e. The highest BCUT2D eigenvalue weighted by atomic mass is 16.5. The first-order valence-electron chi connectivity index (χ1n) is 10.6. The number of guanidine groups is 1. The van der Waals surface area contributed by atoms with Gasteiger partial charge in [0.15, 0.2) is 5.96 Å². The van der Waals surface area contributed by atoms with Crippen LogP contribution < -0.4 is 10.6 Å². The number of ether oxygens (including phenoxy) is 3. The molecular weight excluding hydrogens is 344 g/mol. The van der Waals surface area contributed by atoms with Gasteiger partial charge >= 0.3 is 0 Å². The molecule has 0 radical (unpaired) electrons. The highest BCUT2D eigenvalue weighted by Gasteiger charge is 2.34. The molecule has 0 amide bonds. The van der Waals surface area contributed by atoms with Crippen LogP contribution in [0.25, 0.3) is 0 Å². The van der Waals surface area contributed by atoms with Gasteiger partial charge in [-0.15, -0.1) is 0 Å². The van der Waals surface area contributed by atoms with E-state index in [1.165, 1.54) is 0 Å². The molecule has 0 aromatic heterocycles. The van der Waals surface area contributed by atoms with E-state index in [4.69, 9.17) is 19.2 Å². The molecule has 2 N–H and O–H groups in total. The molecule has 0 bridgehead atoms. The summed E-state index contributed by atoms with van der Waals surface area (Å²) in [5.74, 6) is 1.57. The Morgan fingerprint density at radius 1 is 1.11 bits per heavy atom. The zero-order chi connectivity index (χ0) is 19.4. The quantitative estimate of drug-likeness (QED) is 0.338. The van der Waals surface area contributed by atoms with Crippen LogP contribution in [-0.2, 0) is 14.2 Å². The molecule has 0 spiro atoms. The van der Waals surface area contributed by atoms with E-state index in [1.54, 1.807) is 0 Å². The molecule has 158 valence electrons. The first-order chi connectivity index (χ1) is 13.2. The Bertz CT molecular complexity index is 419. The van der Waals surface area contributed by atoms with E-state index in [1.807, 2.05) is 0 Å². The molecule has 0 atom stereocenters. The lowest BCUT2D eigenvalue weighted by Gasteiger charge is -2.41. The third kappa shape index (κ3) is 7.94. The third-order valence-corrected chi connectivity index (χ3v) is 5.70. The number of nitrogens with zero attached hydrogens (tertiary/aromatic N) is 2. The van der Waals surface area contributed by atoms with Crippen LogP contribution in [0.15, 0.2) is 4.99 Å². The normalized spacial score (nSPS) is 21.4. The van der Waals surface area contributed by atoms with Gasteiger partial charge in [-0.25, -0.2) is 0 Å². The molecule has 0 saturated carbocycles. The SMILES string of the molecule is CCNC(=NCC1(N(C)C)CCOCC1)NCCCOCC1CCOCC1. The highest BCUT2D eigenvalue weighted by Crippen LogP contribution is 2.26. The Hall–Kier alpha value is -0.890. The van der Waals surface area contributed by atoms with Gasteiger partial charge in [0.05, 0.1) is 6.54 Å². The maximum absolute atomic E-state index is 5.84. The summed E-state index contributed by atoms with van der Waals surface area (Å²) in [6, 6.07) is 0. The van der Waals surface area contributed by atoms with Gasteiger partial charge in [-0.3, -0.25) is 4.99 Å². The average molecular weight is 385 g/mol. The van der Waals surface area contributed by atoms with E-state index >= 15 is 0 Å². The van der Waals surface area contributed by atoms with Crippen LogP contribution in [0, 0.1) is 5.92 Å². The lowest BCUT2D eigenvalue weighted by Crippen LogP contribution is -2.51. The number of hydrogen-bond donors (Lipinski definition) is 2. The summed E-state index contributed by atoms with van der Waals surface area (Å²) in [4.78, 5) is 7.18. The van der Waals surface area contributed by atoms with Crippen molar-refractivity contribution in [3.63, 3.8) is 0 Å². The Balaban J connectivity index is 1.68. The second kappa shape index (κ2) is 12.5. The summed E-state index contributed by atoms with van der Waals surface area (Å²) in [5.41, 5.74) is 0.105. The Morgan fingerprint density at radius 2 is 1.81 bits per heavy atom. The topological polar surface area (TPSA) is 67.4 Å². The van der Waals surface area contributed by atoms with Gasteiger partial charge in [-0.1, -0.05) is 0 Å². The van der Waals surface area contributed by atoms with Gasteiger partial charge < -0.3 is 29.7 Å². The van der Waals surface area contributed by atoms with Crippen LogP contribution in [0.5, 0.6) is 0 Å². The molecule has 27 heavy (non-hydrogen) atoms. The summed E-state index contributed by atoms with van der Waals surface area (Å²) in [5, 5.41) is 6.80. The maximum Gasteiger partial charge on any atom is 0.191 e. The van der Waals surface area contributed by atoms with Crippen LogP contribution in [0.4, 0.5) is 0 Å². The number of aliphatic imine (C=N–C) groups is 1. The summed E-state index contributed by atoms with van der Waals surface area (Å²) in [6.07, 6.45) is 5.31. The van der Waals surface area contributed by atoms with Crippen molar-refractivity contribution in [3.8, 4) is 0 Å². The number of likely N-dealkylation sites (N-methyl/N-ethyl adjacent to an activating group) is 1. The van der Waals surface area contributed by atoms with Crippen molar-refractivity contribution in [2.24, 2.45) is 10.9 Å². The lowest BCUT2D eigenvalue weighted by atomic mass is 9.89. The zero-order valence-electron chi connectivity index (χ0n) is 17.6. The van der Waals surface area contributed by atoms with Crippen molar-refractivity contribution < 1.29 is 14.2 Å². The fraction of sp³-hybridized carbons (Fsp3) is 0.950. The summed E-state index contributed by atoms with van der Waals surface area (Å²) >= 11 is 0. The first-order valence-corrected chi connectivity index (χ1v) is 10.6. The Kier molecular flexibility index (Phi) is 10.4. The van der Waals surface area contributed by atoms with Crippen molar-refractivity contribution in [3.05, 3.63) is 0 Å². The van der Waals surface area contributed by atoms with Crippen molar-refractivity contribution in [1.29, 1.82) is 0 Å². The van der Waals surface area contributed by atoms with Crippen LogP contribution in [0.1, 0.15) is 39.0 Å². The summed E-state index contributed by atoms with van der Waals surface area (Å²) < 4.78 is 16.8. The maximum atomic E-state index is 5.84. The monoisotopic (exact) mass is 384 g/mol. The van der Waals surface area contributed by atoms with Crippen molar-refractivity contribution in [2.45, 2.75) is 44.6 Å². The second-order valence-corrected chi connectivity index (χ2v) is 7.84. The molecule has 7 nitrogen and oxygen atoms in total. The minimum Gasteiger partial charge on any atom is -0.381 e. The highest BCUT2D eigenvalue weighted by molar-refractivity contribution is 5.79. The number of nitrogens with one attached hydrogen (secondary N) is 2. The average Bonchev–Trinajstić information content (AvgIpc) is 2.70. The Morgan fingerprint density at radius 3 is 2.48 bits per heavy atom. The predicted molar refractivity (Wildman–Crippen MR) is 109 cm³/mol. The molecule has 2 saturated heterocycles. The van der Waals surface area contributed by atoms with Crippen LogP contribution >= 0.6 is 0 Å². The van der Waals surface area contributed by atoms with Crippen molar-refractivity contribution >= 4 is 5.96 Å². The summed E-state index contributed by atoms with van der Waals surface area (Å²) in [6.45, 7) is 9.71. The molecule has 2 rings (SSSR count). The van der Waals surface area contributed by atoms with Gasteiger partial charge in [0.1, 0.15) is 0 Å². The van der Waals surface area contributed by atoms with E-state index in [0.717, 1.165) is 97.3 Å². The molecule has 7 heteroatoms. The van der Waals surface area contributed by atoms with Gasteiger partial charge in [0, 0.05) is 58.3 Å². The van der Waals surface area contributed by atoms with Crippen LogP contribution in [0.2, 0.25) is 0 Å². The Labute approximate surface area is 165 Å². The minimum absolute atomic E-state index is 0.105. The summed E-state index contributed by atoms with van der Waals surface area (Å²) in [7, 11) is 4.30. The molecule has 0 aliphatic carbocycles. The molecule has 2 aliphatic heterocycles. The van der Waals surface area contributed by atoms with Crippen molar-refractivity contribution in [1.82, 2.24) is 15.5 Å². The number of rotatable bonds is 10. The first kappa shape index (κ1) is 22.4. The van der Waals surface area contributed by atoms with Crippen LogP contribution in [-0.4, -0.2) is 89.8 Å². The molecular formula is C20H40N4O3. The fourth-order valence-corrected chi connectivity index (χ4v) is 3.61. The van der Waals surface area contributed by atoms with E-state index in [9.17, 15) is 0 Å². The van der Waals surface area contributed by atoms with E-state index in [2.05, 4.69) is 36.6 Å². The molecule has 2 fully saturated rings. The standard InChI is InChI=1S/C20H40N4O3/c1-4-21-19(23-17-20(24(2)3)8-14-26-15-9-20)22-10-5-11-27-16-18-6-12-25-13-7-18/h18H,4-17H2,1-3H3,(H2,21,22,23). The van der Waals surface area contributed by atoms with E-state index < -0.39 is 0 Å². The second-order valence-electron chi connectivity index (χ2n) is 7.84. The molecule has 0 aromatic carbocycles. The van der Waals surface area contributed by atoms with E-state index in [0.29, 0.717) is 5.92 Å². The largest absolute Gasteiger partial charge is 0.381 e. The zero-order valence-corrected chi connectivity index (χ0v) is 17.6. The third-order valence-electron chi connectivity index (χ3n) is 5.70. The van der Waals surface area contributed by atoms with Crippen LogP contribution in [0.3, 0.4) is 0 Å². The number of hydrogen-bond acceptors (Lipinski definition) is 5. The molecule has 2 heterocycles. The predicted octanol–water partition coefficient (Wildman–Crippen LogP) is 1.49. The lowest BCUT2D eigenvalue weighted by molar-refractivity contribution is -0.00255. The van der Waals surface area contributed by atoms with Gasteiger partial charge in [-0.2, -0.15) is 0 Å². The molecule has 0 unspecified atom stereocenters. The fourth-order valence-electron chi connectivity index (χ4n) is 3.61. The van der Waals surface area contributed by atoms with Gasteiger partial charge in [0.2, 0.25) is 0 Å². The van der Waals surface area contributed by atoms with E-state index in [-0.39, 0.29) is 5.54 Å². The minimum atomic E-state index is 0.105.